The Bertz CT molecular complexity index is 434. The van der Waals surface area contributed by atoms with Crippen molar-refractivity contribution in [3.8, 4) is 0 Å². The number of aromatic carboxylic acids is 1. The molecule has 1 rings (SSSR count). The minimum atomic E-state index is -3.08. The maximum Gasteiger partial charge on any atom is 0.356 e. The molecule has 14 heavy (non-hydrogen) atoms. The SMILES string of the molecule is CS(=O)(=O)CCc1c[nH]nc1C(=O)O. The number of carboxylic acid groups (broad SMARTS) is 1. The van der Waals surface area contributed by atoms with Crippen molar-refractivity contribution in [3.05, 3.63) is 17.5 Å². The molecular formula is C7H10N2O4S. The average molecular weight is 218 g/mol. The second-order valence-electron chi connectivity index (χ2n) is 2.94. The number of hydrogen-bond acceptors (Lipinski definition) is 4. The molecule has 0 saturated carbocycles. The highest BCUT2D eigenvalue weighted by atomic mass is 32.2. The highest BCUT2D eigenvalue weighted by Gasteiger charge is 2.14. The van der Waals surface area contributed by atoms with Crippen LogP contribution in [0.4, 0.5) is 0 Å². The maximum absolute atomic E-state index is 10.8. The molecule has 0 fully saturated rings. The van der Waals surface area contributed by atoms with Crippen molar-refractivity contribution in [2.75, 3.05) is 12.0 Å². The van der Waals surface area contributed by atoms with Gasteiger partial charge < -0.3 is 5.11 Å². The van der Waals surface area contributed by atoms with Crippen molar-refractivity contribution in [2.45, 2.75) is 6.42 Å². The Labute approximate surface area is 80.9 Å². The zero-order valence-corrected chi connectivity index (χ0v) is 8.34. The summed E-state index contributed by atoms with van der Waals surface area (Å²) in [5, 5.41) is 14.5. The van der Waals surface area contributed by atoms with Crippen molar-refractivity contribution in [1.29, 1.82) is 0 Å². The summed E-state index contributed by atoms with van der Waals surface area (Å²) < 4.78 is 21.7. The molecule has 78 valence electrons. The van der Waals surface area contributed by atoms with E-state index in [9.17, 15) is 13.2 Å². The van der Waals surface area contributed by atoms with Crippen molar-refractivity contribution in [2.24, 2.45) is 0 Å². The fourth-order valence-electron chi connectivity index (χ4n) is 0.986. The molecular weight excluding hydrogens is 208 g/mol. The summed E-state index contributed by atoms with van der Waals surface area (Å²) in [6.45, 7) is 0. The van der Waals surface area contributed by atoms with Crippen molar-refractivity contribution in [3.63, 3.8) is 0 Å². The van der Waals surface area contributed by atoms with Gasteiger partial charge in [0.1, 0.15) is 9.84 Å². The third-order valence-electron chi connectivity index (χ3n) is 1.66. The summed E-state index contributed by atoms with van der Waals surface area (Å²) in [5.41, 5.74) is 0.288. The number of hydrogen-bond donors (Lipinski definition) is 2. The van der Waals surface area contributed by atoms with Gasteiger partial charge in [-0.3, -0.25) is 5.10 Å². The number of rotatable bonds is 4. The molecule has 0 aliphatic heterocycles. The summed E-state index contributed by atoms with van der Waals surface area (Å²) in [5.74, 6) is -1.23. The van der Waals surface area contributed by atoms with E-state index < -0.39 is 15.8 Å². The second kappa shape index (κ2) is 3.79. The Hall–Kier alpha value is -1.37. The molecule has 0 spiro atoms. The normalized spacial score (nSPS) is 11.5. The third kappa shape index (κ3) is 2.84. The van der Waals surface area contributed by atoms with Crippen LogP contribution in [-0.2, 0) is 16.3 Å². The summed E-state index contributed by atoms with van der Waals surface area (Å²) in [4.78, 5) is 10.6. The Kier molecular flexibility index (Phi) is 2.90. The van der Waals surface area contributed by atoms with Gasteiger partial charge in [0.05, 0.1) is 5.75 Å². The molecule has 0 aliphatic rings. The molecule has 7 heteroatoms. The monoisotopic (exact) mass is 218 g/mol. The first-order valence-corrected chi connectivity index (χ1v) is 5.90. The number of carboxylic acids is 1. The molecule has 0 atom stereocenters. The summed E-state index contributed by atoms with van der Waals surface area (Å²) in [7, 11) is -3.08. The van der Waals surface area contributed by atoms with Crippen molar-refractivity contribution >= 4 is 15.8 Å². The third-order valence-corrected chi connectivity index (χ3v) is 2.61. The minimum absolute atomic E-state index is 0.0766. The minimum Gasteiger partial charge on any atom is -0.476 e. The Morgan fingerprint density at radius 1 is 1.64 bits per heavy atom. The molecule has 0 saturated heterocycles. The maximum atomic E-state index is 10.8. The van der Waals surface area contributed by atoms with E-state index in [0.29, 0.717) is 5.56 Å². The van der Waals surface area contributed by atoms with Crippen LogP contribution in [0.2, 0.25) is 0 Å². The lowest BCUT2D eigenvalue weighted by Crippen LogP contribution is -2.08. The summed E-state index contributed by atoms with van der Waals surface area (Å²) in [6.07, 6.45) is 2.67. The van der Waals surface area contributed by atoms with E-state index in [1.165, 1.54) is 6.20 Å². The van der Waals surface area contributed by atoms with E-state index >= 15 is 0 Å². The second-order valence-corrected chi connectivity index (χ2v) is 5.20. The summed E-state index contributed by atoms with van der Waals surface area (Å²) in [6, 6.07) is 0. The highest BCUT2D eigenvalue weighted by Crippen LogP contribution is 2.06. The van der Waals surface area contributed by atoms with E-state index in [1.807, 2.05) is 0 Å². The molecule has 0 amide bonds. The van der Waals surface area contributed by atoms with Crippen LogP contribution >= 0.6 is 0 Å². The largest absolute Gasteiger partial charge is 0.476 e. The first kappa shape index (κ1) is 10.7. The average Bonchev–Trinajstić information content (AvgIpc) is 2.46. The van der Waals surface area contributed by atoms with Crippen LogP contribution in [0.1, 0.15) is 16.1 Å². The number of carbonyl (C=O) groups is 1. The van der Waals surface area contributed by atoms with Gasteiger partial charge in [-0.1, -0.05) is 0 Å². The highest BCUT2D eigenvalue weighted by molar-refractivity contribution is 7.90. The number of nitrogens with zero attached hydrogens (tertiary/aromatic N) is 1. The van der Waals surface area contributed by atoms with Crippen LogP contribution < -0.4 is 0 Å². The predicted molar refractivity (Wildman–Crippen MR) is 49.0 cm³/mol. The van der Waals surface area contributed by atoms with Crippen LogP contribution in [0, 0.1) is 0 Å². The topological polar surface area (TPSA) is 100 Å². The van der Waals surface area contributed by atoms with Gasteiger partial charge in [0, 0.05) is 18.0 Å². The first-order valence-electron chi connectivity index (χ1n) is 3.84. The molecule has 1 heterocycles. The van der Waals surface area contributed by atoms with E-state index in [0.717, 1.165) is 6.26 Å². The van der Waals surface area contributed by atoms with Crippen molar-refractivity contribution < 1.29 is 18.3 Å². The van der Waals surface area contributed by atoms with Gasteiger partial charge in [-0.2, -0.15) is 5.10 Å². The van der Waals surface area contributed by atoms with Crippen LogP contribution in [0.25, 0.3) is 0 Å². The van der Waals surface area contributed by atoms with E-state index in [4.69, 9.17) is 5.11 Å². The van der Waals surface area contributed by atoms with Gasteiger partial charge in [-0.05, 0) is 6.42 Å². The number of aryl methyl sites for hydroxylation is 1. The molecule has 6 nitrogen and oxygen atoms in total. The number of aromatic nitrogens is 2. The first-order chi connectivity index (χ1) is 6.40. The molecule has 2 N–H and O–H groups in total. The molecule has 0 aliphatic carbocycles. The molecule has 1 aromatic heterocycles. The van der Waals surface area contributed by atoms with Crippen LogP contribution in [0.5, 0.6) is 0 Å². The Morgan fingerprint density at radius 2 is 2.29 bits per heavy atom. The zero-order chi connectivity index (χ0) is 10.8. The van der Waals surface area contributed by atoms with E-state index in [2.05, 4.69) is 10.2 Å². The zero-order valence-electron chi connectivity index (χ0n) is 7.52. The number of sulfone groups is 1. The van der Waals surface area contributed by atoms with Gasteiger partial charge in [0.15, 0.2) is 5.69 Å². The van der Waals surface area contributed by atoms with Gasteiger partial charge in [0.2, 0.25) is 0 Å². The molecule has 0 bridgehead atoms. The van der Waals surface area contributed by atoms with Gasteiger partial charge >= 0.3 is 5.97 Å². The fraction of sp³-hybridized carbons (Fsp3) is 0.429. The number of H-pyrrole nitrogens is 1. The molecule has 0 unspecified atom stereocenters. The Balaban J connectivity index is 2.77. The van der Waals surface area contributed by atoms with Crippen LogP contribution in [-0.4, -0.2) is 41.7 Å². The lowest BCUT2D eigenvalue weighted by Gasteiger charge is -1.96. The van der Waals surface area contributed by atoms with Gasteiger partial charge in [0.25, 0.3) is 0 Å². The fourth-order valence-corrected chi connectivity index (χ4v) is 1.58. The van der Waals surface area contributed by atoms with Gasteiger partial charge in [-0.25, -0.2) is 13.2 Å². The Morgan fingerprint density at radius 3 is 2.79 bits per heavy atom. The molecule has 0 radical (unpaired) electrons. The van der Waals surface area contributed by atoms with Crippen LogP contribution in [0.15, 0.2) is 6.20 Å². The number of aromatic amines is 1. The van der Waals surface area contributed by atoms with E-state index in [-0.39, 0.29) is 17.9 Å². The summed E-state index contributed by atoms with van der Waals surface area (Å²) >= 11 is 0. The lowest BCUT2D eigenvalue weighted by atomic mass is 10.2. The number of nitrogens with one attached hydrogen (secondary N) is 1. The van der Waals surface area contributed by atoms with Gasteiger partial charge in [-0.15, -0.1) is 0 Å². The molecule has 1 aromatic rings. The smallest absolute Gasteiger partial charge is 0.356 e. The lowest BCUT2D eigenvalue weighted by molar-refractivity contribution is 0.0689. The predicted octanol–water partition coefficient (Wildman–Crippen LogP) is -0.305. The molecule has 0 aromatic carbocycles. The van der Waals surface area contributed by atoms with Crippen LogP contribution in [0.3, 0.4) is 0 Å². The standard InChI is InChI=1S/C7H10N2O4S/c1-14(12,13)3-2-5-4-8-9-6(5)7(10)11/h4H,2-3H2,1H3,(H,8,9)(H,10,11). The van der Waals surface area contributed by atoms with Crippen molar-refractivity contribution in [1.82, 2.24) is 10.2 Å². The quantitative estimate of drug-likeness (QED) is 0.722. The van der Waals surface area contributed by atoms with E-state index in [1.54, 1.807) is 0 Å².